The highest BCUT2D eigenvalue weighted by molar-refractivity contribution is 7.50. The zero-order chi connectivity index (χ0) is 27.3. The van der Waals surface area contributed by atoms with E-state index in [1.807, 2.05) is 54.6 Å². The minimum atomic E-state index is -6.10. The largest absolute Gasteiger partial charge is 0.455 e. The van der Waals surface area contributed by atoms with Crippen LogP contribution in [-0.2, 0) is 4.74 Å². The second kappa shape index (κ2) is 9.57. The van der Waals surface area contributed by atoms with Crippen molar-refractivity contribution >= 4 is 36.6 Å². The summed E-state index contributed by atoms with van der Waals surface area (Å²) in [5.74, 6) is -2.63. The quantitative estimate of drug-likeness (QED) is 0.154. The lowest BCUT2D eigenvalue weighted by Crippen LogP contribution is -2.66. The molecule has 2 unspecified atom stereocenters. The zero-order valence-corrected chi connectivity index (χ0v) is 20.7. The van der Waals surface area contributed by atoms with Crippen molar-refractivity contribution in [2.24, 2.45) is 5.92 Å². The average molecular weight is 554 g/mol. The van der Waals surface area contributed by atoms with E-state index in [-0.39, 0.29) is 18.4 Å². The Bertz CT molecular complexity index is 1460. The van der Waals surface area contributed by atoms with Gasteiger partial charge in [-0.05, 0) is 61.2 Å². The molecule has 38 heavy (non-hydrogen) atoms. The van der Waals surface area contributed by atoms with E-state index in [1.165, 1.54) is 12.1 Å². The fourth-order valence-corrected chi connectivity index (χ4v) is 7.67. The standard InChI is InChI=1S/C28H23F6O3S/c29-27(30,31)26(36,28(32,33)34)24(17-8-4-5-9-17)37-25(35)18-14-15-23-21(16-18)20-12-6-7-13-22(20)38(23)19-10-2-1-3-11-19/h1-3,6-7,10-17,24,36H,4-5,8-9H2/q+1. The van der Waals surface area contributed by atoms with Gasteiger partial charge in [0.1, 0.15) is 0 Å². The first-order valence-electron chi connectivity index (χ1n) is 12.0. The Morgan fingerprint density at radius 2 is 1.39 bits per heavy atom. The van der Waals surface area contributed by atoms with E-state index in [2.05, 4.69) is 0 Å². The van der Waals surface area contributed by atoms with Crippen LogP contribution in [-0.4, -0.2) is 35.1 Å². The van der Waals surface area contributed by atoms with Crippen LogP contribution >= 0.6 is 10.5 Å². The van der Waals surface area contributed by atoms with Gasteiger partial charge in [0, 0.05) is 21.2 Å². The molecule has 3 nitrogen and oxygen atoms in total. The van der Waals surface area contributed by atoms with Crippen molar-refractivity contribution in [3.05, 3.63) is 78.4 Å². The molecule has 1 fully saturated rings. The Hall–Kier alpha value is -3.11. The Morgan fingerprint density at radius 1 is 0.816 bits per heavy atom. The summed E-state index contributed by atoms with van der Waals surface area (Å²) in [6.45, 7) is 0. The fraction of sp³-hybridized carbons (Fsp3) is 0.321. The van der Waals surface area contributed by atoms with Crippen molar-refractivity contribution in [2.45, 2.75) is 49.7 Å². The number of thiophene rings is 1. The van der Waals surface area contributed by atoms with Gasteiger partial charge in [0.05, 0.1) is 5.56 Å². The van der Waals surface area contributed by atoms with Gasteiger partial charge in [-0.15, -0.1) is 0 Å². The number of carbonyl (C=O) groups excluding carboxylic acids is 1. The van der Waals surface area contributed by atoms with Gasteiger partial charge in [0.25, 0.3) is 5.60 Å². The van der Waals surface area contributed by atoms with Gasteiger partial charge in [-0.3, -0.25) is 0 Å². The van der Waals surface area contributed by atoms with E-state index in [1.54, 1.807) is 6.07 Å². The van der Waals surface area contributed by atoms with Gasteiger partial charge in [-0.25, -0.2) is 4.79 Å². The molecule has 0 amide bonds. The molecule has 0 saturated heterocycles. The molecule has 0 radical (unpaired) electrons. The summed E-state index contributed by atoms with van der Waals surface area (Å²) < 4.78 is 89.3. The molecule has 2 atom stereocenters. The Kier molecular flexibility index (Phi) is 6.67. The molecule has 1 aliphatic carbocycles. The Labute approximate surface area is 216 Å². The molecule has 5 rings (SSSR count). The number of carbonyl (C=O) groups is 1. The highest BCUT2D eigenvalue weighted by Crippen LogP contribution is 2.51. The minimum absolute atomic E-state index is 0.0240. The maximum Gasteiger partial charge on any atom is 0.430 e. The molecule has 1 saturated carbocycles. The van der Waals surface area contributed by atoms with E-state index in [0.717, 1.165) is 19.7 Å². The SMILES string of the molecule is O=C(OC(C1CCCC1)C(O)(C(F)(F)F)C(F)(F)F)c1ccc2c(c1)c1ccccc1[s+]2-c1ccccc1. The predicted octanol–water partition coefficient (Wildman–Crippen LogP) is 8.30. The number of alkyl halides is 6. The summed E-state index contributed by atoms with van der Waals surface area (Å²) in [6.07, 6.45) is -14.3. The first kappa shape index (κ1) is 26.5. The maximum atomic E-state index is 13.7. The Morgan fingerprint density at radius 3 is 2.03 bits per heavy atom. The van der Waals surface area contributed by atoms with Crippen LogP contribution in [0.2, 0.25) is 0 Å². The predicted molar refractivity (Wildman–Crippen MR) is 133 cm³/mol. The fourth-order valence-electron chi connectivity index (χ4n) is 5.29. The first-order chi connectivity index (χ1) is 17.9. The third-order valence-corrected chi connectivity index (χ3v) is 9.48. The summed E-state index contributed by atoms with van der Waals surface area (Å²) in [7, 11) is -0.502. The first-order valence-corrected chi connectivity index (χ1v) is 13.3. The third kappa shape index (κ3) is 4.33. The van der Waals surface area contributed by atoms with Gasteiger partial charge < -0.3 is 9.84 Å². The van der Waals surface area contributed by atoms with Gasteiger partial charge >= 0.3 is 18.3 Å². The summed E-state index contributed by atoms with van der Waals surface area (Å²) in [5.41, 5.74) is -5.37. The number of ether oxygens (including phenoxy) is 1. The smallest absolute Gasteiger partial charge is 0.430 e. The molecular formula is C28H23F6O3S+. The lowest BCUT2D eigenvalue weighted by Gasteiger charge is -2.40. The molecule has 1 aromatic heterocycles. The van der Waals surface area contributed by atoms with Crippen molar-refractivity contribution < 1.29 is 41.0 Å². The number of rotatable bonds is 5. The van der Waals surface area contributed by atoms with E-state index in [0.29, 0.717) is 18.2 Å². The molecule has 3 aromatic carbocycles. The second-order valence-electron chi connectivity index (χ2n) is 9.46. The number of hydrogen-bond acceptors (Lipinski definition) is 3. The molecule has 1 heterocycles. The van der Waals surface area contributed by atoms with Crippen molar-refractivity contribution in [1.29, 1.82) is 0 Å². The van der Waals surface area contributed by atoms with Crippen LogP contribution in [0.1, 0.15) is 36.0 Å². The topological polar surface area (TPSA) is 46.5 Å². The maximum absolute atomic E-state index is 13.7. The summed E-state index contributed by atoms with van der Waals surface area (Å²) >= 11 is 0. The van der Waals surface area contributed by atoms with Crippen molar-refractivity contribution in [2.75, 3.05) is 0 Å². The van der Waals surface area contributed by atoms with Gasteiger partial charge in [-0.1, -0.05) is 43.2 Å². The highest BCUT2D eigenvalue weighted by atomic mass is 32.2. The molecule has 0 bridgehead atoms. The van der Waals surface area contributed by atoms with Crippen LogP contribution in [0, 0.1) is 5.92 Å². The number of aliphatic hydroxyl groups is 1. The molecule has 10 heteroatoms. The van der Waals surface area contributed by atoms with Crippen LogP contribution in [0.4, 0.5) is 26.3 Å². The zero-order valence-electron chi connectivity index (χ0n) is 19.9. The van der Waals surface area contributed by atoms with E-state index in [4.69, 9.17) is 4.74 Å². The van der Waals surface area contributed by atoms with Crippen LogP contribution in [0.5, 0.6) is 0 Å². The van der Waals surface area contributed by atoms with Crippen LogP contribution in [0.3, 0.4) is 0 Å². The lowest BCUT2D eigenvalue weighted by atomic mass is 9.84. The number of benzene rings is 3. The molecule has 0 spiro atoms. The van der Waals surface area contributed by atoms with Gasteiger partial charge in [-0.2, -0.15) is 26.3 Å². The number of esters is 1. The summed E-state index contributed by atoms with van der Waals surface area (Å²) in [4.78, 5) is 14.1. The third-order valence-electron chi connectivity index (χ3n) is 7.15. The Balaban J connectivity index is 1.59. The van der Waals surface area contributed by atoms with Crippen molar-refractivity contribution in [1.82, 2.24) is 0 Å². The van der Waals surface area contributed by atoms with E-state index < -0.39 is 46.4 Å². The van der Waals surface area contributed by atoms with Crippen LogP contribution in [0.15, 0.2) is 72.8 Å². The highest BCUT2D eigenvalue weighted by Gasteiger charge is 2.76. The number of hydrogen-bond donors (Lipinski definition) is 1. The summed E-state index contributed by atoms with van der Waals surface area (Å²) in [6, 6.07) is 21.6. The van der Waals surface area contributed by atoms with Crippen LogP contribution in [0.25, 0.3) is 25.1 Å². The minimum Gasteiger partial charge on any atom is -0.455 e. The molecule has 0 aliphatic heterocycles. The average Bonchev–Trinajstić information content (AvgIpc) is 3.52. The van der Waals surface area contributed by atoms with E-state index in [9.17, 15) is 36.2 Å². The monoisotopic (exact) mass is 553 g/mol. The second-order valence-corrected chi connectivity index (χ2v) is 11.4. The lowest BCUT2D eigenvalue weighted by molar-refractivity contribution is -0.394. The summed E-state index contributed by atoms with van der Waals surface area (Å²) in [5, 5.41) is 11.6. The van der Waals surface area contributed by atoms with Gasteiger partial charge in [0.2, 0.25) is 0 Å². The normalized spacial score (nSPS) is 16.8. The molecule has 4 aromatic rings. The van der Waals surface area contributed by atoms with Gasteiger partial charge in [0.15, 0.2) is 20.4 Å². The molecule has 1 aliphatic rings. The molecule has 1 N–H and O–H groups in total. The molecule has 200 valence electrons. The molecular weight excluding hydrogens is 530 g/mol. The van der Waals surface area contributed by atoms with Crippen LogP contribution < -0.4 is 0 Å². The number of halogens is 6. The number of fused-ring (bicyclic) bond motifs is 3. The van der Waals surface area contributed by atoms with Crippen molar-refractivity contribution in [3.8, 4) is 4.90 Å². The van der Waals surface area contributed by atoms with E-state index >= 15 is 0 Å². The van der Waals surface area contributed by atoms with Crippen molar-refractivity contribution in [3.63, 3.8) is 0 Å².